The number of H-pyrrole nitrogens is 1. The van der Waals surface area contributed by atoms with E-state index >= 15 is 0 Å². The molecule has 3 aromatic rings. The summed E-state index contributed by atoms with van der Waals surface area (Å²) in [5.74, 6) is 2.36. The van der Waals surface area contributed by atoms with E-state index in [0.717, 1.165) is 34.6 Å². The van der Waals surface area contributed by atoms with E-state index in [-0.39, 0.29) is 0 Å². The van der Waals surface area contributed by atoms with Crippen molar-refractivity contribution < 1.29 is 4.74 Å². The van der Waals surface area contributed by atoms with Crippen molar-refractivity contribution in [2.75, 3.05) is 12.5 Å². The van der Waals surface area contributed by atoms with Gasteiger partial charge >= 0.3 is 0 Å². The lowest BCUT2D eigenvalue weighted by atomic mass is 10.2. The number of fused-ring (bicyclic) bond motifs is 1. The number of benzene rings is 2. The molecule has 0 spiro atoms. The summed E-state index contributed by atoms with van der Waals surface area (Å²) in [4.78, 5) is 7.97. The molecule has 1 N–H and O–H groups in total. The zero-order chi connectivity index (χ0) is 14.7. The van der Waals surface area contributed by atoms with Crippen LogP contribution < -0.4 is 4.74 Å². The Balaban J connectivity index is 1.81. The highest BCUT2D eigenvalue weighted by Gasteiger charge is 2.05. The molecule has 3 nitrogen and oxygen atoms in total. The van der Waals surface area contributed by atoms with Crippen molar-refractivity contribution in [1.29, 1.82) is 0 Å². The molecule has 2 aromatic carbocycles. The summed E-state index contributed by atoms with van der Waals surface area (Å²) in [5.41, 5.74) is 4.32. The van der Waals surface area contributed by atoms with E-state index < -0.39 is 0 Å². The topological polar surface area (TPSA) is 37.9 Å². The number of hydrogen-bond acceptors (Lipinski definition) is 2. The lowest BCUT2D eigenvalue weighted by Crippen LogP contribution is -1.97. The average molecular weight is 301 g/mol. The number of alkyl halides is 1. The van der Waals surface area contributed by atoms with E-state index in [1.165, 1.54) is 5.56 Å². The molecule has 0 saturated heterocycles. The van der Waals surface area contributed by atoms with Crippen LogP contribution in [0, 0.1) is 6.92 Å². The molecule has 3 rings (SSSR count). The van der Waals surface area contributed by atoms with Crippen LogP contribution in [0.25, 0.3) is 22.4 Å². The molecule has 0 aliphatic heterocycles. The Morgan fingerprint density at radius 2 is 1.95 bits per heavy atom. The lowest BCUT2D eigenvalue weighted by Gasteiger charge is -2.05. The van der Waals surface area contributed by atoms with Crippen molar-refractivity contribution in [2.45, 2.75) is 13.3 Å². The number of ether oxygens (including phenoxy) is 1. The number of halogens is 1. The molecule has 0 unspecified atom stereocenters. The SMILES string of the molecule is Cc1ccc2nc(-c3ccc(OCCCCl)cc3)[nH]c2c1. The van der Waals surface area contributed by atoms with Crippen molar-refractivity contribution in [1.82, 2.24) is 9.97 Å². The number of aromatic amines is 1. The van der Waals surface area contributed by atoms with Gasteiger partial charge in [0.1, 0.15) is 11.6 Å². The molecule has 0 amide bonds. The van der Waals surface area contributed by atoms with Crippen LogP contribution in [0.3, 0.4) is 0 Å². The molecule has 1 heterocycles. The number of nitrogens with one attached hydrogen (secondary N) is 1. The van der Waals surface area contributed by atoms with E-state index in [4.69, 9.17) is 16.3 Å². The van der Waals surface area contributed by atoms with Crippen LogP contribution in [0.15, 0.2) is 42.5 Å². The maximum absolute atomic E-state index is 5.63. The normalized spacial score (nSPS) is 11.0. The highest BCUT2D eigenvalue weighted by Crippen LogP contribution is 2.23. The van der Waals surface area contributed by atoms with Crippen LogP contribution >= 0.6 is 11.6 Å². The minimum Gasteiger partial charge on any atom is -0.494 e. The quantitative estimate of drug-likeness (QED) is 0.554. The van der Waals surface area contributed by atoms with Gasteiger partial charge in [-0.05, 0) is 55.3 Å². The highest BCUT2D eigenvalue weighted by molar-refractivity contribution is 6.17. The lowest BCUT2D eigenvalue weighted by molar-refractivity contribution is 0.318. The molecule has 1 aromatic heterocycles. The van der Waals surface area contributed by atoms with Gasteiger partial charge in [-0.15, -0.1) is 11.6 Å². The molecule has 0 fully saturated rings. The van der Waals surface area contributed by atoms with Gasteiger partial charge < -0.3 is 9.72 Å². The van der Waals surface area contributed by atoms with Gasteiger partial charge in [0.25, 0.3) is 0 Å². The summed E-state index contributed by atoms with van der Waals surface area (Å²) in [6, 6.07) is 14.2. The number of aryl methyl sites for hydroxylation is 1. The second kappa shape index (κ2) is 6.19. The summed E-state index contributed by atoms with van der Waals surface area (Å²) >= 11 is 5.63. The van der Waals surface area contributed by atoms with Crippen LogP contribution in [-0.2, 0) is 0 Å². The Labute approximate surface area is 128 Å². The van der Waals surface area contributed by atoms with Crippen molar-refractivity contribution in [3.05, 3.63) is 48.0 Å². The third-order valence-corrected chi connectivity index (χ3v) is 3.58. The van der Waals surface area contributed by atoms with Crippen LogP contribution in [0.5, 0.6) is 5.75 Å². The van der Waals surface area contributed by atoms with Crippen LogP contribution in [0.4, 0.5) is 0 Å². The minimum atomic E-state index is 0.622. The fourth-order valence-electron chi connectivity index (χ4n) is 2.21. The number of aromatic nitrogens is 2. The standard InChI is InChI=1S/C17H17ClN2O/c1-12-3-8-15-16(11-12)20-17(19-15)13-4-6-14(7-5-13)21-10-2-9-18/h3-8,11H,2,9-10H2,1H3,(H,19,20). The van der Waals surface area contributed by atoms with Crippen LogP contribution in [0.2, 0.25) is 0 Å². The second-order valence-corrected chi connectivity index (χ2v) is 5.40. The fourth-order valence-corrected chi connectivity index (χ4v) is 2.32. The van der Waals surface area contributed by atoms with Crippen LogP contribution in [-0.4, -0.2) is 22.5 Å². The number of rotatable bonds is 5. The summed E-state index contributed by atoms with van der Waals surface area (Å²) in [6.45, 7) is 2.72. The van der Waals surface area contributed by atoms with Crippen LogP contribution in [0.1, 0.15) is 12.0 Å². The molecule has 0 atom stereocenters. The first kappa shape index (κ1) is 14.0. The summed E-state index contributed by atoms with van der Waals surface area (Å²) in [5, 5.41) is 0. The molecule has 4 heteroatoms. The third kappa shape index (κ3) is 3.19. The van der Waals surface area contributed by atoms with E-state index in [2.05, 4.69) is 29.0 Å². The second-order valence-electron chi connectivity index (χ2n) is 5.02. The zero-order valence-corrected chi connectivity index (χ0v) is 12.7. The Bertz CT molecular complexity index is 734. The molecule has 108 valence electrons. The smallest absolute Gasteiger partial charge is 0.138 e. The van der Waals surface area contributed by atoms with Crippen molar-refractivity contribution >= 4 is 22.6 Å². The van der Waals surface area contributed by atoms with E-state index in [1.807, 2.05) is 30.3 Å². The Morgan fingerprint density at radius 1 is 1.14 bits per heavy atom. The predicted octanol–water partition coefficient (Wildman–Crippen LogP) is 4.55. The maximum Gasteiger partial charge on any atom is 0.138 e. The molecule has 0 radical (unpaired) electrons. The monoisotopic (exact) mass is 300 g/mol. The first-order valence-corrected chi connectivity index (χ1v) is 7.55. The summed E-state index contributed by atoms with van der Waals surface area (Å²) in [6.07, 6.45) is 0.853. The molecule has 0 aliphatic carbocycles. The van der Waals surface area contributed by atoms with Gasteiger partial charge in [0.2, 0.25) is 0 Å². The molecular formula is C17H17ClN2O. The summed E-state index contributed by atoms with van der Waals surface area (Å²) < 4.78 is 5.60. The van der Waals surface area contributed by atoms with Crippen molar-refractivity contribution in [3.8, 4) is 17.1 Å². The molecule has 0 bridgehead atoms. The molecule has 0 saturated carbocycles. The first-order chi connectivity index (χ1) is 10.3. The van der Waals surface area contributed by atoms with E-state index in [1.54, 1.807) is 0 Å². The van der Waals surface area contributed by atoms with Gasteiger partial charge in [-0.25, -0.2) is 4.98 Å². The fraction of sp³-hybridized carbons (Fsp3) is 0.235. The zero-order valence-electron chi connectivity index (χ0n) is 11.9. The van der Waals surface area contributed by atoms with Gasteiger partial charge in [0.15, 0.2) is 0 Å². The van der Waals surface area contributed by atoms with Gasteiger partial charge in [0, 0.05) is 11.4 Å². The largest absolute Gasteiger partial charge is 0.494 e. The number of imidazole rings is 1. The first-order valence-electron chi connectivity index (χ1n) is 7.02. The van der Waals surface area contributed by atoms with E-state index in [9.17, 15) is 0 Å². The van der Waals surface area contributed by atoms with Gasteiger partial charge in [-0.1, -0.05) is 6.07 Å². The number of hydrogen-bond donors (Lipinski definition) is 1. The molecule has 0 aliphatic rings. The maximum atomic E-state index is 5.63. The van der Waals surface area contributed by atoms with Gasteiger partial charge in [-0.2, -0.15) is 0 Å². The third-order valence-electron chi connectivity index (χ3n) is 3.31. The average Bonchev–Trinajstić information content (AvgIpc) is 2.91. The Kier molecular flexibility index (Phi) is 4.11. The Hall–Kier alpha value is -2.00. The molecular weight excluding hydrogens is 284 g/mol. The van der Waals surface area contributed by atoms with E-state index in [0.29, 0.717) is 12.5 Å². The highest BCUT2D eigenvalue weighted by atomic mass is 35.5. The predicted molar refractivity (Wildman–Crippen MR) is 87.1 cm³/mol. The molecule has 21 heavy (non-hydrogen) atoms. The number of nitrogens with zero attached hydrogens (tertiary/aromatic N) is 1. The van der Waals surface area contributed by atoms with Crippen molar-refractivity contribution in [3.63, 3.8) is 0 Å². The summed E-state index contributed by atoms with van der Waals surface area (Å²) in [7, 11) is 0. The Morgan fingerprint density at radius 3 is 2.71 bits per heavy atom. The van der Waals surface area contributed by atoms with Gasteiger partial charge in [0.05, 0.1) is 17.6 Å². The minimum absolute atomic E-state index is 0.622. The van der Waals surface area contributed by atoms with Gasteiger partial charge in [-0.3, -0.25) is 0 Å². The van der Waals surface area contributed by atoms with Crippen molar-refractivity contribution in [2.24, 2.45) is 0 Å².